The van der Waals surface area contributed by atoms with Crippen LogP contribution >= 0.6 is 15.9 Å². The highest BCUT2D eigenvalue weighted by Gasteiger charge is 2.36. The minimum absolute atomic E-state index is 0.126. The van der Waals surface area contributed by atoms with Crippen LogP contribution in [0.4, 0.5) is 0 Å². The highest BCUT2D eigenvalue weighted by molar-refractivity contribution is 9.08. The number of rotatable bonds is 4. The first-order chi connectivity index (χ1) is 7.53. The maximum Gasteiger partial charge on any atom is 0.240 e. The van der Waals surface area contributed by atoms with Gasteiger partial charge in [0.25, 0.3) is 0 Å². The lowest BCUT2D eigenvalue weighted by atomic mass is 10.2. The summed E-state index contributed by atoms with van der Waals surface area (Å²) in [4.78, 5) is 0.344. The van der Waals surface area contributed by atoms with Gasteiger partial charge in [-0.25, -0.2) is 13.1 Å². The summed E-state index contributed by atoms with van der Waals surface area (Å²) in [5.41, 5.74) is 1.07. The molecule has 1 aromatic rings. The average Bonchev–Trinajstić information content (AvgIpc) is 2.93. The fraction of sp³-hybridized carbons (Fsp3) is 0.455. The van der Waals surface area contributed by atoms with Crippen molar-refractivity contribution in [2.24, 2.45) is 5.92 Å². The highest BCUT2D eigenvalue weighted by Crippen LogP contribution is 2.30. The minimum atomic E-state index is -3.32. The van der Waals surface area contributed by atoms with Gasteiger partial charge >= 0.3 is 0 Å². The Kier molecular flexibility index (Phi) is 3.37. The molecule has 2 atom stereocenters. The third kappa shape index (κ3) is 2.64. The van der Waals surface area contributed by atoms with Gasteiger partial charge in [-0.2, -0.15) is 0 Å². The second kappa shape index (κ2) is 4.47. The molecule has 0 radical (unpaired) electrons. The summed E-state index contributed by atoms with van der Waals surface area (Å²) in [6.45, 7) is 2.04. The van der Waals surface area contributed by atoms with E-state index >= 15 is 0 Å². The Morgan fingerprint density at radius 3 is 2.38 bits per heavy atom. The monoisotopic (exact) mass is 303 g/mol. The van der Waals surface area contributed by atoms with Crippen LogP contribution in [-0.4, -0.2) is 14.5 Å². The van der Waals surface area contributed by atoms with Crippen LogP contribution in [-0.2, 0) is 15.4 Å². The fourth-order valence-electron chi connectivity index (χ4n) is 1.51. The SMILES string of the molecule is CC1CC1NS(=O)(=O)c1ccc(CBr)cc1. The van der Waals surface area contributed by atoms with E-state index in [2.05, 4.69) is 20.7 Å². The summed E-state index contributed by atoms with van der Waals surface area (Å²) < 4.78 is 26.5. The van der Waals surface area contributed by atoms with E-state index in [9.17, 15) is 8.42 Å². The van der Waals surface area contributed by atoms with Gasteiger partial charge in [0.1, 0.15) is 0 Å². The van der Waals surface area contributed by atoms with Crippen LogP contribution in [0.5, 0.6) is 0 Å². The van der Waals surface area contributed by atoms with E-state index in [0.29, 0.717) is 10.8 Å². The molecule has 0 spiro atoms. The Hall–Kier alpha value is -0.390. The van der Waals surface area contributed by atoms with E-state index in [0.717, 1.165) is 17.3 Å². The average molecular weight is 304 g/mol. The predicted molar refractivity (Wildman–Crippen MR) is 67.0 cm³/mol. The van der Waals surface area contributed by atoms with Crippen LogP contribution in [0.1, 0.15) is 18.9 Å². The van der Waals surface area contributed by atoms with E-state index in [1.165, 1.54) is 0 Å². The second-order valence-electron chi connectivity index (χ2n) is 4.22. The predicted octanol–water partition coefficient (Wildman–Crippen LogP) is 2.27. The van der Waals surface area contributed by atoms with E-state index in [1.807, 2.05) is 19.1 Å². The largest absolute Gasteiger partial charge is 0.240 e. The molecule has 0 bridgehead atoms. The molecule has 1 aromatic carbocycles. The third-order valence-corrected chi connectivity index (χ3v) is 4.96. The molecule has 0 heterocycles. The Morgan fingerprint density at radius 2 is 1.94 bits per heavy atom. The molecule has 88 valence electrons. The molecule has 0 amide bonds. The standard InChI is InChI=1S/C11H14BrNO2S/c1-8-6-11(8)13-16(14,15)10-4-2-9(7-12)3-5-10/h2-5,8,11,13H,6-7H2,1H3. The summed E-state index contributed by atoms with van der Waals surface area (Å²) in [5, 5.41) is 0.737. The van der Waals surface area contributed by atoms with Crippen molar-refractivity contribution >= 4 is 26.0 Å². The Balaban J connectivity index is 2.15. The summed E-state index contributed by atoms with van der Waals surface area (Å²) in [5.74, 6) is 0.469. The highest BCUT2D eigenvalue weighted by atomic mass is 79.9. The van der Waals surface area contributed by atoms with Gasteiger partial charge in [-0.05, 0) is 30.0 Å². The van der Waals surface area contributed by atoms with E-state index < -0.39 is 10.0 Å². The van der Waals surface area contributed by atoms with E-state index in [-0.39, 0.29) is 6.04 Å². The molecule has 0 aliphatic heterocycles. The quantitative estimate of drug-likeness (QED) is 0.867. The number of halogens is 1. The zero-order chi connectivity index (χ0) is 11.8. The first-order valence-corrected chi connectivity index (χ1v) is 7.80. The minimum Gasteiger partial charge on any atom is -0.208 e. The topological polar surface area (TPSA) is 46.2 Å². The van der Waals surface area contributed by atoms with Crippen molar-refractivity contribution in [3.05, 3.63) is 29.8 Å². The van der Waals surface area contributed by atoms with E-state index in [4.69, 9.17) is 0 Å². The Morgan fingerprint density at radius 1 is 1.38 bits per heavy atom. The van der Waals surface area contributed by atoms with Gasteiger partial charge < -0.3 is 0 Å². The third-order valence-electron chi connectivity index (χ3n) is 2.80. The van der Waals surface area contributed by atoms with Crippen molar-refractivity contribution in [3.8, 4) is 0 Å². The zero-order valence-corrected chi connectivity index (χ0v) is 11.4. The van der Waals surface area contributed by atoms with Crippen molar-refractivity contribution in [1.29, 1.82) is 0 Å². The molecule has 0 saturated heterocycles. The smallest absolute Gasteiger partial charge is 0.208 e. The van der Waals surface area contributed by atoms with Crippen LogP contribution in [0, 0.1) is 5.92 Å². The van der Waals surface area contributed by atoms with Crippen LogP contribution in [0.25, 0.3) is 0 Å². The molecule has 1 aliphatic carbocycles. The second-order valence-corrected chi connectivity index (χ2v) is 6.49. The summed E-state index contributed by atoms with van der Waals surface area (Å²) in [6, 6.07) is 7.05. The maximum absolute atomic E-state index is 11.9. The molecule has 16 heavy (non-hydrogen) atoms. The summed E-state index contributed by atoms with van der Waals surface area (Å²) in [6.07, 6.45) is 0.943. The number of alkyl halides is 1. The Bertz CT molecular complexity index is 469. The first kappa shape index (κ1) is 12.1. The lowest BCUT2D eigenvalue weighted by Crippen LogP contribution is -2.26. The molecule has 1 aliphatic rings. The van der Waals surface area contributed by atoms with Crippen LogP contribution in [0.15, 0.2) is 29.2 Å². The van der Waals surface area contributed by atoms with Crippen molar-refractivity contribution in [2.75, 3.05) is 0 Å². The van der Waals surface area contributed by atoms with Crippen LogP contribution in [0.3, 0.4) is 0 Å². The number of nitrogens with one attached hydrogen (secondary N) is 1. The molecule has 1 N–H and O–H groups in total. The van der Waals surface area contributed by atoms with Crippen molar-refractivity contribution in [3.63, 3.8) is 0 Å². The summed E-state index contributed by atoms with van der Waals surface area (Å²) >= 11 is 3.33. The molecule has 5 heteroatoms. The zero-order valence-electron chi connectivity index (χ0n) is 8.98. The summed E-state index contributed by atoms with van der Waals surface area (Å²) in [7, 11) is -3.32. The van der Waals surface area contributed by atoms with Gasteiger partial charge in [0, 0.05) is 11.4 Å². The molecule has 1 fully saturated rings. The number of benzene rings is 1. The lowest BCUT2D eigenvalue weighted by molar-refractivity contribution is 0.578. The molecular weight excluding hydrogens is 290 g/mol. The molecule has 2 unspecified atom stereocenters. The lowest BCUT2D eigenvalue weighted by Gasteiger charge is -2.06. The van der Waals surface area contributed by atoms with Crippen LogP contribution in [0.2, 0.25) is 0 Å². The fourth-order valence-corrected chi connectivity index (χ4v) is 3.24. The van der Waals surface area contributed by atoms with Gasteiger partial charge in [-0.1, -0.05) is 35.0 Å². The van der Waals surface area contributed by atoms with Crippen molar-refractivity contribution in [2.45, 2.75) is 29.6 Å². The number of hydrogen-bond acceptors (Lipinski definition) is 2. The van der Waals surface area contributed by atoms with Gasteiger partial charge in [0.15, 0.2) is 0 Å². The van der Waals surface area contributed by atoms with Gasteiger partial charge in [-0.15, -0.1) is 0 Å². The van der Waals surface area contributed by atoms with Gasteiger partial charge in [-0.3, -0.25) is 0 Å². The first-order valence-electron chi connectivity index (χ1n) is 5.20. The molecule has 0 aromatic heterocycles. The van der Waals surface area contributed by atoms with Crippen molar-refractivity contribution < 1.29 is 8.42 Å². The maximum atomic E-state index is 11.9. The van der Waals surface area contributed by atoms with Gasteiger partial charge in [0.05, 0.1) is 4.90 Å². The van der Waals surface area contributed by atoms with Crippen LogP contribution < -0.4 is 4.72 Å². The number of hydrogen-bond donors (Lipinski definition) is 1. The number of sulfonamides is 1. The Labute approximate surface area is 104 Å². The molecule has 2 rings (SSSR count). The van der Waals surface area contributed by atoms with Crippen molar-refractivity contribution in [1.82, 2.24) is 4.72 Å². The molecule has 3 nitrogen and oxygen atoms in total. The van der Waals surface area contributed by atoms with Gasteiger partial charge in [0.2, 0.25) is 10.0 Å². The molecular formula is C11H14BrNO2S. The van der Waals surface area contributed by atoms with E-state index in [1.54, 1.807) is 12.1 Å². The normalized spacial score (nSPS) is 24.4. The molecule has 1 saturated carbocycles.